The topological polar surface area (TPSA) is 87.7 Å². The highest BCUT2D eigenvalue weighted by atomic mass is 19.1. The number of hydrogen-bond donors (Lipinski definition) is 2. The van der Waals surface area contributed by atoms with E-state index in [1.54, 1.807) is 12.1 Å². The van der Waals surface area contributed by atoms with Gasteiger partial charge in [0.25, 0.3) is 11.8 Å². The molecule has 2 aromatic carbocycles. The lowest BCUT2D eigenvalue weighted by Gasteiger charge is -2.31. The van der Waals surface area contributed by atoms with Gasteiger partial charge in [0.15, 0.2) is 5.54 Å². The van der Waals surface area contributed by atoms with Crippen molar-refractivity contribution >= 4 is 17.8 Å². The molecule has 2 fully saturated rings. The lowest BCUT2D eigenvalue weighted by Crippen LogP contribution is -2.52. The van der Waals surface area contributed by atoms with E-state index in [0.29, 0.717) is 22.8 Å². The Hall–Kier alpha value is -3.86. The number of carbonyl (C=O) groups excluding carboxylic acids is 3. The fourth-order valence-corrected chi connectivity index (χ4v) is 4.01. The van der Waals surface area contributed by atoms with Gasteiger partial charge >= 0.3 is 6.03 Å². The summed E-state index contributed by atoms with van der Waals surface area (Å²) in [6, 6.07) is 9.91. The molecule has 1 atom stereocenters. The molecule has 5 rings (SSSR count). The van der Waals surface area contributed by atoms with Gasteiger partial charge in [-0.3, -0.25) is 14.9 Å². The maximum atomic E-state index is 13.4. The Bertz CT molecular complexity index is 1180. The van der Waals surface area contributed by atoms with Crippen molar-refractivity contribution in [2.24, 2.45) is 5.92 Å². The van der Waals surface area contributed by atoms with Crippen LogP contribution < -0.4 is 15.4 Å². The van der Waals surface area contributed by atoms with Crippen molar-refractivity contribution in [3.8, 4) is 17.6 Å². The second kappa shape index (κ2) is 7.68. The quantitative estimate of drug-likeness (QED) is 0.560. The zero-order chi connectivity index (χ0) is 22.3. The first-order valence-electron chi connectivity index (χ1n) is 10.4. The highest BCUT2D eigenvalue weighted by Crippen LogP contribution is 2.32. The average Bonchev–Trinajstić information content (AvgIpc) is 3.49. The first-order valence-corrected chi connectivity index (χ1v) is 10.4. The van der Waals surface area contributed by atoms with E-state index in [2.05, 4.69) is 22.5 Å². The molecule has 8 heteroatoms. The molecule has 32 heavy (non-hydrogen) atoms. The summed E-state index contributed by atoms with van der Waals surface area (Å²) in [5, 5.41) is 4.86. The maximum Gasteiger partial charge on any atom is 0.322 e. The number of amides is 4. The van der Waals surface area contributed by atoms with E-state index >= 15 is 0 Å². The van der Waals surface area contributed by atoms with Crippen LogP contribution in [0.3, 0.4) is 0 Å². The van der Waals surface area contributed by atoms with Gasteiger partial charge in [0.1, 0.15) is 18.2 Å². The molecule has 0 bridgehead atoms. The summed E-state index contributed by atoms with van der Waals surface area (Å²) in [7, 11) is 0. The number of rotatable bonds is 5. The fraction of sp³-hybridized carbons (Fsp3) is 0.292. The van der Waals surface area contributed by atoms with Crippen molar-refractivity contribution in [3.05, 3.63) is 65.0 Å². The number of fused-ring (bicyclic) bond motifs is 1. The number of benzene rings is 2. The van der Waals surface area contributed by atoms with Crippen molar-refractivity contribution in [2.75, 3.05) is 13.2 Å². The van der Waals surface area contributed by atoms with Crippen LogP contribution in [0, 0.1) is 23.6 Å². The summed E-state index contributed by atoms with van der Waals surface area (Å²) in [6.07, 6.45) is 2.29. The zero-order valence-corrected chi connectivity index (χ0v) is 17.1. The van der Waals surface area contributed by atoms with Crippen LogP contribution in [0.25, 0.3) is 0 Å². The average molecular weight is 433 g/mol. The van der Waals surface area contributed by atoms with Gasteiger partial charge in [-0.15, -0.1) is 0 Å². The molecule has 162 valence electrons. The SMILES string of the molecule is O=C1NC(=O)C(CN2Cc3ccc(OCC#CC4CC4)cc3C2=O)(c2ccc(F)cc2)N1. The summed E-state index contributed by atoms with van der Waals surface area (Å²) in [5.74, 6) is 5.83. The fourth-order valence-electron chi connectivity index (χ4n) is 4.01. The third-order valence-electron chi connectivity index (χ3n) is 5.86. The Labute approximate surface area is 183 Å². The van der Waals surface area contributed by atoms with Crippen LogP contribution in [0.1, 0.15) is 34.3 Å². The van der Waals surface area contributed by atoms with E-state index in [0.717, 1.165) is 18.4 Å². The molecule has 2 aliphatic heterocycles. The first-order chi connectivity index (χ1) is 15.4. The molecule has 0 spiro atoms. The second-order valence-corrected chi connectivity index (χ2v) is 8.18. The van der Waals surface area contributed by atoms with Crippen LogP contribution in [0.2, 0.25) is 0 Å². The zero-order valence-electron chi connectivity index (χ0n) is 17.1. The maximum absolute atomic E-state index is 13.4. The van der Waals surface area contributed by atoms with Crippen LogP contribution in [0.4, 0.5) is 9.18 Å². The minimum absolute atomic E-state index is 0.0905. The summed E-state index contributed by atoms with van der Waals surface area (Å²) in [6.45, 7) is 0.446. The highest BCUT2D eigenvalue weighted by Gasteiger charge is 2.50. The Kier molecular flexibility index (Phi) is 4.82. The van der Waals surface area contributed by atoms with Crippen LogP contribution in [-0.4, -0.2) is 35.9 Å². The third-order valence-corrected chi connectivity index (χ3v) is 5.86. The van der Waals surface area contributed by atoms with Crippen molar-refractivity contribution in [1.82, 2.24) is 15.5 Å². The predicted molar refractivity (Wildman–Crippen MR) is 112 cm³/mol. The Morgan fingerprint density at radius 3 is 2.59 bits per heavy atom. The predicted octanol–water partition coefficient (Wildman–Crippen LogP) is 2.31. The third kappa shape index (κ3) is 3.66. The van der Waals surface area contributed by atoms with E-state index in [4.69, 9.17) is 4.74 Å². The number of ether oxygens (including phenoxy) is 1. The van der Waals surface area contributed by atoms with Crippen molar-refractivity contribution < 1.29 is 23.5 Å². The molecule has 1 unspecified atom stereocenters. The van der Waals surface area contributed by atoms with Crippen LogP contribution in [0.5, 0.6) is 5.75 Å². The van der Waals surface area contributed by atoms with E-state index in [9.17, 15) is 18.8 Å². The number of imide groups is 1. The molecule has 3 aliphatic rings. The number of halogens is 1. The molecule has 2 N–H and O–H groups in total. The van der Waals surface area contributed by atoms with Gasteiger partial charge in [-0.25, -0.2) is 9.18 Å². The van der Waals surface area contributed by atoms with E-state index < -0.39 is 23.3 Å². The smallest absolute Gasteiger partial charge is 0.322 e. The molecule has 0 radical (unpaired) electrons. The van der Waals surface area contributed by atoms with Gasteiger partial charge in [0, 0.05) is 18.0 Å². The first kappa shape index (κ1) is 20.1. The number of nitrogens with one attached hydrogen (secondary N) is 2. The van der Waals surface area contributed by atoms with Crippen LogP contribution >= 0.6 is 0 Å². The number of carbonyl (C=O) groups is 3. The normalized spacial score (nSPS) is 21.5. The molecule has 2 aromatic rings. The standard InChI is InChI=1S/C24H20FN3O4/c25-18-8-6-17(7-9-18)24(22(30)26-23(31)27-24)14-28-13-16-5-10-19(12-20(16)21(28)29)32-11-1-2-15-3-4-15/h5-10,12,15H,3-4,11,13-14H2,(H2,26,27,30,31). The largest absolute Gasteiger partial charge is 0.481 e. The minimum atomic E-state index is -1.50. The van der Waals surface area contributed by atoms with Crippen molar-refractivity contribution in [1.29, 1.82) is 0 Å². The van der Waals surface area contributed by atoms with Gasteiger partial charge in [-0.1, -0.05) is 30.0 Å². The van der Waals surface area contributed by atoms with E-state index in [1.807, 2.05) is 6.07 Å². The van der Waals surface area contributed by atoms with Gasteiger partial charge in [-0.2, -0.15) is 0 Å². The lowest BCUT2D eigenvalue weighted by atomic mass is 9.89. The summed E-state index contributed by atoms with van der Waals surface area (Å²) >= 11 is 0. The molecule has 2 heterocycles. The van der Waals surface area contributed by atoms with E-state index in [1.165, 1.54) is 29.2 Å². The molecular weight excluding hydrogens is 413 g/mol. The van der Waals surface area contributed by atoms with Crippen LogP contribution in [0.15, 0.2) is 42.5 Å². The molecular formula is C24H20FN3O4. The van der Waals surface area contributed by atoms with Gasteiger partial charge in [-0.05, 0) is 48.2 Å². The Balaban J connectivity index is 1.36. The van der Waals surface area contributed by atoms with Crippen molar-refractivity contribution in [2.45, 2.75) is 24.9 Å². The highest BCUT2D eigenvalue weighted by molar-refractivity contribution is 6.08. The molecule has 1 aliphatic carbocycles. The summed E-state index contributed by atoms with van der Waals surface area (Å²) in [5.41, 5.74) is 0.173. The molecule has 1 saturated carbocycles. The molecule has 0 aromatic heterocycles. The monoisotopic (exact) mass is 433 g/mol. The Morgan fingerprint density at radius 1 is 1.12 bits per heavy atom. The second-order valence-electron chi connectivity index (χ2n) is 8.18. The summed E-state index contributed by atoms with van der Waals surface area (Å²) in [4.78, 5) is 39.3. The lowest BCUT2D eigenvalue weighted by molar-refractivity contribution is -0.124. The summed E-state index contributed by atoms with van der Waals surface area (Å²) < 4.78 is 19.1. The molecule has 7 nitrogen and oxygen atoms in total. The van der Waals surface area contributed by atoms with Crippen molar-refractivity contribution in [3.63, 3.8) is 0 Å². The number of hydrogen-bond acceptors (Lipinski definition) is 4. The number of urea groups is 1. The molecule has 1 saturated heterocycles. The van der Waals surface area contributed by atoms with Gasteiger partial charge in [0.05, 0.1) is 6.54 Å². The van der Waals surface area contributed by atoms with E-state index in [-0.39, 0.29) is 25.6 Å². The van der Waals surface area contributed by atoms with Crippen LogP contribution in [-0.2, 0) is 16.9 Å². The minimum Gasteiger partial charge on any atom is -0.481 e. The van der Waals surface area contributed by atoms with Gasteiger partial charge in [0.2, 0.25) is 0 Å². The molecule has 4 amide bonds. The Morgan fingerprint density at radius 2 is 1.91 bits per heavy atom. The number of nitrogens with zero attached hydrogens (tertiary/aromatic N) is 1. The van der Waals surface area contributed by atoms with Gasteiger partial charge < -0.3 is 15.0 Å².